The molecule has 0 unspecified atom stereocenters. The summed E-state index contributed by atoms with van der Waals surface area (Å²) >= 11 is 0. The third-order valence-electron chi connectivity index (χ3n) is 9.80. The van der Waals surface area contributed by atoms with E-state index < -0.39 is 0 Å². The van der Waals surface area contributed by atoms with Gasteiger partial charge < -0.3 is 14.7 Å². The van der Waals surface area contributed by atoms with Gasteiger partial charge in [0, 0.05) is 42.6 Å². The SMILES string of the molecule is COc1ccc(C2CCC(CN(C(=O)C3CCC(CCO)CC3)c3cccc(-c4cnn(C(C)C)c4)c3)CC2)cc1C. The number of ether oxygens (including phenoxy) is 1. The summed E-state index contributed by atoms with van der Waals surface area (Å²) < 4.78 is 7.46. The lowest BCUT2D eigenvalue weighted by Gasteiger charge is -2.36. The molecule has 0 bridgehead atoms. The van der Waals surface area contributed by atoms with Gasteiger partial charge in [0.25, 0.3) is 0 Å². The fraction of sp³-hybridized carbons (Fsp3) is 0.556. The van der Waals surface area contributed by atoms with Crippen LogP contribution in [0.5, 0.6) is 5.75 Å². The molecule has 1 heterocycles. The van der Waals surface area contributed by atoms with Gasteiger partial charge in [0.05, 0.1) is 13.3 Å². The number of methoxy groups -OCH3 is 1. The number of aryl methyl sites for hydroxylation is 1. The van der Waals surface area contributed by atoms with Gasteiger partial charge >= 0.3 is 0 Å². The van der Waals surface area contributed by atoms with E-state index in [2.05, 4.69) is 79.4 Å². The van der Waals surface area contributed by atoms with Gasteiger partial charge in [0.2, 0.25) is 5.91 Å². The van der Waals surface area contributed by atoms with Crippen molar-refractivity contribution in [1.82, 2.24) is 9.78 Å². The zero-order valence-electron chi connectivity index (χ0n) is 26.0. The Labute approximate surface area is 252 Å². The van der Waals surface area contributed by atoms with Crippen molar-refractivity contribution in [3.05, 3.63) is 66.0 Å². The maximum atomic E-state index is 14.2. The third kappa shape index (κ3) is 7.08. The minimum Gasteiger partial charge on any atom is -0.496 e. The topological polar surface area (TPSA) is 67.6 Å². The first-order chi connectivity index (χ1) is 20.4. The Morgan fingerprint density at radius 2 is 1.74 bits per heavy atom. The molecular weight excluding hydrogens is 522 g/mol. The molecule has 1 aromatic heterocycles. The quantitative estimate of drug-likeness (QED) is 0.268. The first kappa shape index (κ1) is 30.3. The minimum atomic E-state index is 0.0610. The van der Waals surface area contributed by atoms with Crippen LogP contribution in [0.4, 0.5) is 5.69 Å². The van der Waals surface area contributed by atoms with E-state index in [4.69, 9.17) is 4.74 Å². The number of hydrogen-bond acceptors (Lipinski definition) is 4. The number of carbonyl (C=O) groups excluding carboxylic acids is 1. The highest BCUT2D eigenvalue weighted by atomic mass is 16.5. The fourth-order valence-corrected chi connectivity index (χ4v) is 7.14. The van der Waals surface area contributed by atoms with E-state index in [0.717, 1.165) is 86.9 Å². The van der Waals surface area contributed by atoms with Crippen LogP contribution in [0, 0.1) is 24.7 Å². The summed E-state index contributed by atoms with van der Waals surface area (Å²) in [4.78, 5) is 16.3. The van der Waals surface area contributed by atoms with E-state index in [1.54, 1.807) is 7.11 Å². The van der Waals surface area contributed by atoms with Crippen LogP contribution in [0.15, 0.2) is 54.9 Å². The van der Waals surface area contributed by atoms with Gasteiger partial charge in [-0.1, -0.05) is 24.3 Å². The standard InChI is InChI=1S/C36H49N3O3/c1-25(2)39-24-33(22-37-39)31-6-5-7-34(21-31)38(36(41)30-14-8-27(9-15-30)18-19-40)23-28-10-12-29(13-11-28)32-16-17-35(42-4)26(3)20-32/h5-7,16-17,20-22,24-25,27-30,40H,8-15,18-19,23H2,1-4H3. The Morgan fingerprint density at radius 3 is 2.38 bits per heavy atom. The lowest BCUT2D eigenvalue weighted by molar-refractivity contribution is -0.123. The van der Waals surface area contributed by atoms with Crippen molar-refractivity contribution in [3.8, 4) is 16.9 Å². The molecule has 0 aliphatic heterocycles. The number of aromatic nitrogens is 2. The number of aliphatic hydroxyl groups is 1. The van der Waals surface area contributed by atoms with Gasteiger partial charge in [-0.05, 0) is 131 Å². The van der Waals surface area contributed by atoms with E-state index in [1.165, 1.54) is 11.1 Å². The normalized spacial score (nSPS) is 22.7. The van der Waals surface area contributed by atoms with E-state index in [-0.39, 0.29) is 18.4 Å². The Bertz CT molecular complexity index is 1320. The van der Waals surface area contributed by atoms with Crippen molar-refractivity contribution < 1.29 is 14.6 Å². The summed E-state index contributed by atoms with van der Waals surface area (Å²) in [6.45, 7) is 7.41. The third-order valence-corrected chi connectivity index (χ3v) is 9.80. The summed E-state index contributed by atoms with van der Waals surface area (Å²) in [6, 6.07) is 15.4. The van der Waals surface area contributed by atoms with E-state index in [9.17, 15) is 9.90 Å². The summed E-state index contributed by atoms with van der Waals surface area (Å²) in [5, 5.41) is 14.0. The van der Waals surface area contributed by atoms with Crippen LogP contribution >= 0.6 is 0 Å². The molecule has 2 aliphatic rings. The van der Waals surface area contributed by atoms with Gasteiger partial charge in [-0.25, -0.2) is 0 Å². The number of benzene rings is 2. The molecular formula is C36H49N3O3. The summed E-state index contributed by atoms with van der Waals surface area (Å²) in [6.07, 6.45) is 13.3. The van der Waals surface area contributed by atoms with Crippen LogP contribution in [0.1, 0.15) is 94.7 Å². The molecule has 1 N–H and O–H groups in total. The molecule has 0 radical (unpaired) electrons. The molecule has 0 saturated heterocycles. The van der Waals surface area contributed by atoms with Crippen LogP contribution in [-0.2, 0) is 4.79 Å². The molecule has 42 heavy (non-hydrogen) atoms. The molecule has 2 aromatic carbocycles. The van der Waals surface area contributed by atoms with Crippen molar-refractivity contribution in [1.29, 1.82) is 0 Å². The predicted molar refractivity (Wildman–Crippen MR) is 170 cm³/mol. The number of amides is 1. The van der Waals surface area contributed by atoms with Crippen molar-refractivity contribution in [2.45, 2.75) is 90.5 Å². The lowest BCUT2D eigenvalue weighted by Crippen LogP contribution is -2.41. The number of nitrogens with zero attached hydrogens (tertiary/aromatic N) is 3. The van der Waals surface area contributed by atoms with Gasteiger partial charge in [-0.2, -0.15) is 5.10 Å². The number of carbonyl (C=O) groups is 1. The van der Waals surface area contributed by atoms with E-state index in [1.807, 2.05) is 10.9 Å². The molecule has 1 amide bonds. The average Bonchev–Trinajstić information content (AvgIpc) is 3.52. The molecule has 6 nitrogen and oxygen atoms in total. The van der Waals surface area contributed by atoms with Crippen LogP contribution in [0.25, 0.3) is 11.1 Å². The largest absolute Gasteiger partial charge is 0.496 e. The highest BCUT2D eigenvalue weighted by Crippen LogP contribution is 2.39. The fourth-order valence-electron chi connectivity index (χ4n) is 7.14. The molecule has 2 fully saturated rings. The lowest BCUT2D eigenvalue weighted by atomic mass is 9.77. The molecule has 6 heteroatoms. The van der Waals surface area contributed by atoms with Crippen LogP contribution in [0.2, 0.25) is 0 Å². The number of hydrogen-bond donors (Lipinski definition) is 1. The van der Waals surface area contributed by atoms with Crippen LogP contribution in [0.3, 0.4) is 0 Å². The maximum Gasteiger partial charge on any atom is 0.230 e. The predicted octanol–water partition coefficient (Wildman–Crippen LogP) is 7.94. The van der Waals surface area contributed by atoms with Crippen molar-refractivity contribution in [2.24, 2.45) is 17.8 Å². The highest BCUT2D eigenvalue weighted by molar-refractivity contribution is 5.95. The monoisotopic (exact) mass is 571 g/mol. The molecule has 226 valence electrons. The van der Waals surface area contributed by atoms with Crippen LogP contribution in [-0.4, -0.2) is 41.1 Å². The molecule has 2 aliphatic carbocycles. The minimum absolute atomic E-state index is 0.0610. The molecule has 2 saturated carbocycles. The number of aliphatic hydroxyl groups excluding tert-OH is 1. The zero-order valence-corrected chi connectivity index (χ0v) is 26.0. The van der Waals surface area contributed by atoms with Gasteiger partial charge in [-0.15, -0.1) is 0 Å². The van der Waals surface area contributed by atoms with Gasteiger partial charge in [-0.3, -0.25) is 9.48 Å². The summed E-state index contributed by atoms with van der Waals surface area (Å²) in [7, 11) is 1.73. The number of anilines is 1. The van der Waals surface area contributed by atoms with Crippen molar-refractivity contribution in [3.63, 3.8) is 0 Å². The smallest absolute Gasteiger partial charge is 0.230 e. The zero-order chi connectivity index (χ0) is 29.6. The summed E-state index contributed by atoms with van der Waals surface area (Å²) in [5.41, 5.74) is 5.79. The first-order valence-electron chi connectivity index (χ1n) is 16.1. The van der Waals surface area contributed by atoms with E-state index in [0.29, 0.717) is 23.8 Å². The van der Waals surface area contributed by atoms with Crippen LogP contribution < -0.4 is 9.64 Å². The number of rotatable bonds is 10. The Hall–Kier alpha value is -3.12. The molecule has 3 aromatic rings. The van der Waals surface area contributed by atoms with E-state index >= 15 is 0 Å². The molecule has 0 atom stereocenters. The average molecular weight is 572 g/mol. The summed E-state index contributed by atoms with van der Waals surface area (Å²) in [5.74, 6) is 2.89. The van der Waals surface area contributed by atoms with Crippen molar-refractivity contribution >= 4 is 11.6 Å². The second-order valence-corrected chi connectivity index (χ2v) is 13.0. The molecule has 5 rings (SSSR count). The second-order valence-electron chi connectivity index (χ2n) is 13.0. The Kier molecular flexibility index (Phi) is 10.0. The van der Waals surface area contributed by atoms with Gasteiger partial charge in [0.15, 0.2) is 0 Å². The first-order valence-corrected chi connectivity index (χ1v) is 16.1. The highest BCUT2D eigenvalue weighted by Gasteiger charge is 2.32. The second kappa shape index (κ2) is 13.9. The van der Waals surface area contributed by atoms with Gasteiger partial charge in [0.1, 0.15) is 5.75 Å². The van der Waals surface area contributed by atoms with Crippen molar-refractivity contribution in [2.75, 3.05) is 25.2 Å². The maximum absolute atomic E-state index is 14.2. The Morgan fingerprint density at radius 1 is 1.00 bits per heavy atom. The Balaban J connectivity index is 1.33. The molecule has 0 spiro atoms.